The molecule has 0 aliphatic heterocycles. The van der Waals surface area contributed by atoms with Gasteiger partial charge in [0.2, 0.25) is 5.95 Å². The third-order valence-corrected chi connectivity index (χ3v) is 3.28. The van der Waals surface area contributed by atoms with Crippen molar-refractivity contribution in [2.24, 2.45) is 0 Å². The summed E-state index contributed by atoms with van der Waals surface area (Å²) in [7, 11) is 0. The van der Waals surface area contributed by atoms with Gasteiger partial charge in [-0.25, -0.2) is 9.78 Å². The summed E-state index contributed by atoms with van der Waals surface area (Å²) in [5.41, 5.74) is 6.30. The van der Waals surface area contributed by atoms with E-state index in [1.54, 1.807) is 41.0 Å². The highest BCUT2D eigenvalue weighted by Gasteiger charge is 2.08. The number of carbonyl (C=O) groups excluding carboxylic acids is 1. The van der Waals surface area contributed by atoms with Crippen LogP contribution in [-0.4, -0.2) is 32.1 Å². The number of nitrogens with zero attached hydrogens (tertiary/aromatic N) is 3. The molecule has 0 aliphatic rings. The van der Waals surface area contributed by atoms with Gasteiger partial charge in [0.15, 0.2) is 11.2 Å². The number of allylic oxidation sites excluding steroid dienone is 1. The van der Waals surface area contributed by atoms with E-state index < -0.39 is 0 Å². The number of nitrogens with one attached hydrogen (secondary N) is 1. The Bertz CT molecular complexity index is 943. The normalized spacial score (nSPS) is 11.2. The number of nitrogen functional groups attached to an aromatic ring is 1. The van der Waals surface area contributed by atoms with Crippen LogP contribution in [0.25, 0.3) is 11.2 Å². The molecular weight excluding hydrogens is 310 g/mol. The third kappa shape index (κ3) is 3.32. The first kappa shape index (κ1) is 15.5. The number of anilines is 1. The second-order valence-electron chi connectivity index (χ2n) is 4.96. The van der Waals surface area contributed by atoms with Crippen molar-refractivity contribution in [3.05, 3.63) is 64.7 Å². The molecule has 0 aliphatic carbocycles. The van der Waals surface area contributed by atoms with E-state index in [-0.39, 0.29) is 29.6 Å². The molecule has 0 spiro atoms. The molecule has 0 amide bonds. The van der Waals surface area contributed by atoms with Gasteiger partial charge in [-0.2, -0.15) is 4.98 Å². The summed E-state index contributed by atoms with van der Waals surface area (Å²) >= 11 is 0. The van der Waals surface area contributed by atoms with Gasteiger partial charge in [-0.3, -0.25) is 9.78 Å². The number of ether oxygens (including phenoxy) is 1. The number of benzene rings is 1. The molecule has 0 saturated carbocycles. The Labute approximate surface area is 136 Å². The molecule has 0 unspecified atom stereocenters. The standard InChI is InChI=1S/C16H15N5O3/c17-16-19-13-12(14(22)20-16)18-10-21(13)8-4-5-9-24-15(23)11-6-2-1-3-7-11/h1-7,10H,8-9H2,(H3,17,19,20,22)/b5-4-. The molecule has 8 heteroatoms. The van der Waals surface area contributed by atoms with Crippen LogP contribution in [-0.2, 0) is 11.3 Å². The van der Waals surface area contributed by atoms with Gasteiger partial charge in [0.1, 0.15) is 6.61 Å². The summed E-state index contributed by atoms with van der Waals surface area (Å²) in [4.78, 5) is 33.9. The lowest BCUT2D eigenvalue weighted by Gasteiger charge is -2.02. The van der Waals surface area contributed by atoms with Gasteiger partial charge in [-0.1, -0.05) is 24.3 Å². The molecule has 0 fully saturated rings. The number of esters is 1. The van der Waals surface area contributed by atoms with Gasteiger partial charge < -0.3 is 15.0 Å². The third-order valence-electron chi connectivity index (χ3n) is 3.28. The van der Waals surface area contributed by atoms with Crippen molar-refractivity contribution in [3.8, 4) is 0 Å². The van der Waals surface area contributed by atoms with Crippen LogP contribution in [0, 0.1) is 0 Å². The number of hydrogen-bond donors (Lipinski definition) is 2. The van der Waals surface area contributed by atoms with Crippen LogP contribution in [0.4, 0.5) is 5.95 Å². The number of H-pyrrole nitrogens is 1. The van der Waals surface area contributed by atoms with Crippen molar-refractivity contribution in [3.63, 3.8) is 0 Å². The van der Waals surface area contributed by atoms with Crippen molar-refractivity contribution in [1.82, 2.24) is 19.5 Å². The van der Waals surface area contributed by atoms with Crippen LogP contribution in [0.15, 0.2) is 53.6 Å². The molecule has 3 N–H and O–H groups in total. The second-order valence-corrected chi connectivity index (χ2v) is 4.96. The van der Waals surface area contributed by atoms with Gasteiger partial charge in [0.05, 0.1) is 11.9 Å². The Hall–Kier alpha value is -3.42. The Kier molecular flexibility index (Phi) is 4.37. The molecule has 0 saturated heterocycles. The van der Waals surface area contributed by atoms with E-state index in [1.165, 1.54) is 6.33 Å². The maximum Gasteiger partial charge on any atom is 0.338 e. The highest BCUT2D eigenvalue weighted by molar-refractivity contribution is 5.89. The van der Waals surface area contributed by atoms with Crippen molar-refractivity contribution >= 4 is 23.1 Å². The van der Waals surface area contributed by atoms with Crippen LogP contribution in [0.2, 0.25) is 0 Å². The number of carbonyl (C=O) groups is 1. The average Bonchev–Trinajstić information content (AvgIpc) is 2.98. The quantitative estimate of drug-likeness (QED) is 0.536. The summed E-state index contributed by atoms with van der Waals surface area (Å²) in [6.45, 7) is 0.575. The molecule has 24 heavy (non-hydrogen) atoms. The van der Waals surface area contributed by atoms with E-state index in [0.29, 0.717) is 17.8 Å². The number of rotatable bonds is 5. The maximum absolute atomic E-state index is 11.8. The van der Waals surface area contributed by atoms with Gasteiger partial charge in [0, 0.05) is 6.54 Å². The molecule has 3 aromatic rings. The Balaban J connectivity index is 1.59. The largest absolute Gasteiger partial charge is 0.458 e. The smallest absolute Gasteiger partial charge is 0.338 e. The molecule has 3 rings (SSSR count). The van der Waals surface area contributed by atoms with Crippen LogP contribution < -0.4 is 11.3 Å². The first-order valence-corrected chi connectivity index (χ1v) is 7.23. The van der Waals surface area contributed by atoms with E-state index in [4.69, 9.17) is 10.5 Å². The first-order chi connectivity index (χ1) is 11.6. The summed E-state index contributed by atoms with van der Waals surface area (Å²) in [5.74, 6) is -0.343. The summed E-state index contributed by atoms with van der Waals surface area (Å²) in [5, 5.41) is 0. The van der Waals surface area contributed by atoms with Crippen molar-refractivity contribution in [1.29, 1.82) is 0 Å². The Morgan fingerprint density at radius 3 is 2.88 bits per heavy atom. The predicted octanol–water partition coefficient (Wildman–Crippen LogP) is 1.11. The molecule has 0 atom stereocenters. The van der Waals surface area contributed by atoms with Crippen molar-refractivity contribution in [2.45, 2.75) is 6.54 Å². The summed E-state index contributed by atoms with van der Waals surface area (Å²) in [6.07, 6.45) is 5.01. The number of fused-ring (bicyclic) bond motifs is 1. The minimum absolute atomic E-state index is 0.0371. The lowest BCUT2D eigenvalue weighted by Crippen LogP contribution is -2.12. The minimum atomic E-state index is -0.380. The fourth-order valence-corrected chi connectivity index (χ4v) is 2.14. The number of hydrogen-bond acceptors (Lipinski definition) is 6. The maximum atomic E-state index is 11.8. The first-order valence-electron chi connectivity index (χ1n) is 7.23. The summed E-state index contributed by atoms with van der Waals surface area (Å²) < 4.78 is 6.81. The SMILES string of the molecule is Nc1nc2c(ncn2C/C=C\COC(=O)c2ccccc2)c(=O)[nH]1. The van der Waals surface area contributed by atoms with Crippen LogP contribution >= 0.6 is 0 Å². The van der Waals surface area contributed by atoms with Gasteiger partial charge in [0.25, 0.3) is 5.56 Å². The van der Waals surface area contributed by atoms with E-state index in [1.807, 2.05) is 6.07 Å². The van der Waals surface area contributed by atoms with E-state index in [2.05, 4.69) is 15.0 Å². The number of imidazole rings is 1. The lowest BCUT2D eigenvalue weighted by atomic mass is 10.2. The highest BCUT2D eigenvalue weighted by atomic mass is 16.5. The fraction of sp³-hybridized carbons (Fsp3) is 0.125. The summed E-state index contributed by atoms with van der Waals surface area (Å²) in [6, 6.07) is 8.76. The lowest BCUT2D eigenvalue weighted by molar-refractivity contribution is 0.0549. The minimum Gasteiger partial charge on any atom is -0.458 e. The predicted molar refractivity (Wildman–Crippen MR) is 88.4 cm³/mol. The molecule has 1 aromatic carbocycles. The van der Waals surface area contributed by atoms with Crippen molar-refractivity contribution < 1.29 is 9.53 Å². The molecule has 0 bridgehead atoms. The zero-order valence-electron chi connectivity index (χ0n) is 12.7. The van der Waals surface area contributed by atoms with E-state index in [9.17, 15) is 9.59 Å². The Morgan fingerprint density at radius 1 is 1.29 bits per heavy atom. The molecule has 2 heterocycles. The van der Waals surface area contributed by atoms with E-state index >= 15 is 0 Å². The molecule has 122 valence electrons. The zero-order chi connectivity index (χ0) is 16.9. The zero-order valence-corrected chi connectivity index (χ0v) is 12.7. The number of aromatic amines is 1. The fourth-order valence-electron chi connectivity index (χ4n) is 2.14. The van der Waals surface area contributed by atoms with Gasteiger partial charge in [-0.15, -0.1) is 0 Å². The van der Waals surface area contributed by atoms with Crippen LogP contribution in [0.1, 0.15) is 10.4 Å². The van der Waals surface area contributed by atoms with Crippen LogP contribution in [0.3, 0.4) is 0 Å². The number of aromatic nitrogens is 4. The molecular formula is C16H15N5O3. The monoisotopic (exact) mass is 325 g/mol. The van der Waals surface area contributed by atoms with Crippen molar-refractivity contribution in [2.75, 3.05) is 12.3 Å². The molecule has 8 nitrogen and oxygen atoms in total. The van der Waals surface area contributed by atoms with Gasteiger partial charge >= 0.3 is 5.97 Å². The Morgan fingerprint density at radius 2 is 2.08 bits per heavy atom. The topological polar surface area (TPSA) is 116 Å². The molecule has 2 aromatic heterocycles. The second kappa shape index (κ2) is 6.78. The van der Waals surface area contributed by atoms with E-state index in [0.717, 1.165) is 0 Å². The van der Waals surface area contributed by atoms with Crippen LogP contribution in [0.5, 0.6) is 0 Å². The molecule has 0 radical (unpaired) electrons. The van der Waals surface area contributed by atoms with Gasteiger partial charge in [-0.05, 0) is 18.2 Å². The number of nitrogens with two attached hydrogens (primary N) is 1. The highest BCUT2D eigenvalue weighted by Crippen LogP contribution is 2.06. The average molecular weight is 325 g/mol.